The highest BCUT2D eigenvalue weighted by molar-refractivity contribution is 5.26. The Hall–Kier alpha value is -1.07. The van der Waals surface area contributed by atoms with Crippen molar-refractivity contribution >= 4 is 5.95 Å². The minimum Gasteiger partial charge on any atom is -0.354 e. The Bertz CT molecular complexity index is 376. The number of rotatable bonds is 6. The number of hydrogen-bond acceptors (Lipinski definition) is 4. The number of aryl methyl sites for hydroxylation is 1. The second-order valence-electron chi connectivity index (χ2n) is 5.58. The lowest BCUT2D eigenvalue weighted by molar-refractivity contribution is 0.121. The first kappa shape index (κ1) is 14.3. The number of nitrogens with zero attached hydrogens (tertiary/aromatic N) is 4. The van der Waals surface area contributed by atoms with Crippen molar-refractivity contribution in [2.45, 2.75) is 32.4 Å². The average molecular weight is 265 g/mol. The highest BCUT2D eigenvalue weighted by Gasteiger charge is 2.22. The lowest BCUT2D eigenvalue weighted by Crippen LogP contribution is -2.52. The molecule has 5 heteroatoms. The van der Waals surface area contributed by atoms with Gasteiger partial charge in [0.25, 0.3) is 0 Å². The van der Waals surface area contributed by atoms with Gasteiger partial charge in [-0.15, -0.1) is 0 Å². The second-order valence-corrected chi connectivity index (χ2v) is 5.58. The van der Waals surface area contributed by atoms with Gasteiger partial charge in [-0.2, -0.15) is 0 Å². The molecule has 1 saturated heterocycles. The fraction of sp³-hybridized carbons (Fsp3) is 0.786. The van der Waals surface area contributed by atoms with Crippen LogP contribution in [-0.4, -0.2) is 65.7 Å². The van der Waals surface area contributed by atoms with Crippen molar-refractivity contribution in [3.05, 3.63) is 12.4 Å². The Labute approximate surface area is 116 Å². The molecule has 1 atom stereocenters. The van der Waals surface area contributed by atoms with Crippen LogP contribution in [0, 0.1) is 0 Å². The van der Waals surface area contributed by atoms with Gasteiger partial charge in [0.05, 0.1) is 0 Å². The summed E-state index contributed by atoms with van der Waals surface area (Å²) in [6, 6.07) is 0.565. The van der Waals surface area contributed by atoms with Crippen LogP contribution in [0.15, 0.2) is 12.4 Å². The summed E-state index contributed by atoms with van der Waals surface area (Å²) >= 11 is 0. The molecule has 1 aliphatic heterocycles. The van der Waals surface area contributed by atoms with E-state index in [1.165, 1.54) is 12.8 Å². The molecule has 1 unspecified atom stereocenters. The molecule has 1 aromatic heterocycles. The molecule has 0 aromatic carbocycles. The van der Waals surface area contributed by atoms with Crippen molar-refractivity contribution in [1.82, 2.24) is 19.4 Å². The Morgan fingerprint density at radius 1 is 1.37 bits per heavy atom. The smallest absolute Gasteiger partial charge is 0.202 e. The molecule has 0 saturated carbocycles. The van der Waals surface area contributed by atoms with Crippen LogP contribution in [0.1, 0.15) is 19.8 Å². The molecular weight excluding hydrogens is 238 g/mol. The molecule has 1 fully saturated rings. The van der Waals surface area contributed by atoms with Gasteiger partial charge in [0.15, 0.2) is 0 Å². The average Bonchev–Trinajstić information content (AvgIpc) is 2.85. The maximum atomic E-state index is 4.42. The Kier molecular flexibility index (Phi) is 5.22. The number of likely N-dealkylation sites (N-methyl/N-ethyl adjacent to an activating group) is 2. The van der Waals surface area contributed by atoms with E-state index in [-0.39, 0.29) is 0 Å². The van der Waals surface area contributed by atoms with E-state index in [9.17, 15) is 0 Å². The maximum Gasteiger partial charge on any atom is 0.202 e. The molecule has 0 spiro atoms. The summed E-state index contributed by atoms with van der Waals surface area (Å²) in [5.41, 5.74) is 0. The first-order chi connectivity index (χ1) is 9.20. The molecule has 0 bridgehead atoms. The quantitative estimate of drug-likeness (QED) is 0.842. The Morgan fingerprint density at radius 2 is 2.21 bits per heavy atom. The van der Waals surface area contributed by atoms with Crippen molar-refractivity contribution < 1.29 is 0 Å². The summed E-state index contributed by atoms with van der Waals surface area (Å²) in [6.07, 6.45) is 6.37. The largest absolute Gasteiger partial charge is 0.354 e. The van der Waals surface area contributed by atoms with Gasteiger partial charge in [-0.25, -0.2) is 4.98 Å². The minimum atomic E-state index is 0.565. The van der Waals surface area contributed by atoms with E-state index in [4.69, 9.17) is 0 Å². The van der Waals surface area contributed by atoms with Gasteiger partial charge in [-0.05, 0) is 20.5 Å². The predicted octanol–water partition coefficient (Wildman–Crippen LogP) is 1.34. The SMILES string of the molecule is CCCCn1ccnc1NCC1CN(C)CCN1C. The Morgan fingerprint density at radius 3 is 3.00 bits per heavy atom. The van der Waals surface area contributed by atoms with Crippen molar-refractivity contribution in [2.75, 3.05) is 45.6 Å². The van der Waals surface area contributed by atoms with Crippen LogP contribution in [0.5, 0.6) is 0 Å². The first-order valence-corrected chi connectivity index (χ1v) is 7.34. The van der Waals surface area contributed by atoms with Crippen LogP contribution >= 0.6 is 0 Å². The first-order valence-electron chi connectivity index (χ1n) is 7.34. The molecular formula is C14H27N5. The van der Waals surface area contributed by atoms with Crippen molar-refractivity contribution in [2.24, 2.45) is 0 Å². The van der Waals surface area contributed by atoms with Gasteiger partial charge in [-0.3, -0.25) is 4.90 Å². The molecule has 0 radical (unpaired) electrons. The second kappa shape index (κ2) is 6.91. The third kappa shape index (κ3) is 3.94. The number of piperazine rings is 1. The van der Waals surface area contributed by atoms with Crippen LogP contribution in [0.25, 0.3) is 0 Å². The lowest BCUT2D eigenvalue weighted by atomic mass is 10.2. The standard InChI is InChI=1S/C14H27N5/c1-4-5-7-19-8-6-15-14(19)16-11-13-12-17(2)9-10-18(13)3/h6,8,13H,4-5,7,9-12H2,1-3H3,(H,15,16). The normalized spacial score (nSPS) is 21.7. The molecule has 0 amide bonds. The van der Waals surface area contributed by atoms with Gasteiger partial charge in [0.1, 0.15) is 0 Å². The zero-order valence-electron chi connectivity index (χ0n) is 12.5. The monoisotopic (exact) mass is 265 g/mol. The summed E-state index contributed by atoms with van der Waals surface area (Å²) in [6.45, 7) is 7.67. The summed E-state index contributed by atoms with van der Waals surface area (Å²) in [4.78, 5) is 9.25. The molecule has 0 aliphatic carbocycles. The van der Waals surface area contributed by atoms with Crippen LogP contribution in [0.3, 0.4) is 0 Å². The number of anilines is 1. The molecule has 2 heterocycles. The van der Waals surface area contributed by atoms with Gasteiger partial charge >= 0.3 is 0 Å². The molecule has 5 nitrogen and oxygen atoms in total. The third-order valence-corrected chi connectivity index (χ3v) is 3.94. The molecule has 1 aromatic rings. The third-order valence-electron chi connectivity index (χ3n) is 3.94. The van der Waals surface area contributed by atoms with Gasteiger partial charge in [0.2, 0.25) is 5.95 Å². The molecule has 1 N–H and O–H groups in total. The van der Waals surface area contributed by atoms with Gasteiger partial charge < -0.3 is 14.8 Å². The van der Waals surface area contributed by atoms with E-state index >= 15 is 0 Å². The van der Waals surface area contributed by atoms with E-state index in [0.717, 1.165) is 38.7 Å². The number of unbranched alkanes of at least 4 members (excludes halogenated alkanes) is 1. The van der Waals surface area contributed by atoms with Gasteiger partial charge in [-0.1, -0.05) is 13.3 Å². The zero-order chi connectivity index (χ0) is 13.7. The maximum absolute atomic E-state index is 4.42. The van der Waals surface area contributed by atoms with E-state index in [1.54, 1.807) is 0 Å². The van der Waals surface area contributed by atoms with Crippen molar-refractivity contribution in [3.8, 4) is 0 Å². The number of imidazole rings is 1. The fourth-order valence-electron chi connectivity index (χ4n) is 2.52. The van der Waals surface area contributed by atoms with E-state index in [1.807, 2.05) is 6.20 Å². The molecule has 19 heavy (non-hydrogen) atoms. The fourth-order valence-corrected chi connectivity index (χ4v) is 2.52. The number of nitrogens with one attached hydrogen (secondary N) is 1. The summed E-state index contributed by atoms with van der Waals surface area (Å²) in [5, 5.41) is 3.51. The van der Waals surface area contributed by atoms with Crippen LogP contribution in [0.4, 0.5) is 5.95 Å². The van der Waals surface area contributed by atoms with Crippen molar-refractivity contribution in [3.63, 3.8) is 0 Å². The predicted molar refractivity (Wildman–Crippen MR) is 79.5 cm³/mol. The highest BCUT2D eigenvalue weighted by Crippen LogP contribution is 2.10. The van der Waals surface area contributed by atoms with E-state index < -0.39 is 0 Å². The summed E-state index contributed by atoms with van der Waals surface area (Å²) < 4.78 is 2.22. The lowest BCUT2D eigenvalue weighted by Gasteiger charge is -2.37. The van der Waals surface area contributed by atoms with Crippen LogP contribution in [-0.2, 0) is 6.54 Å². The number of hydrogen-bond donors (Lipinski definition) is 1. The van der Waals surface area contributed by atoms with E-state index in [2.05, 4.69) is 51.9 Å². The van der Waals surface area contributed by atoms with Crippen molar-refractivity contribution in [1.29, 1.82) is 0 Å². The molecule has 2 rings (SSSR count). The van der Waals surface area contributed by atoms with E-state index in [0.29, 0.717) is 6.04 Å². The molecule has 108 valence electrons. The Balaban J connectivity index is 1.85. The summed E-state index contributed by atoms with van der Waals surface area (Å²) in [7, 11) is 4.41. The van der Waals surface area contributed by atoms with Gasteiger partial charge in [0, 0.05) is 51.2 Å². The molecule has 1 aliphatic rings. The van der Waals surface area contributed by atoms with Crippen LogP contribution < -0.4 is 5.32 Å². The topological polar surface area (TPSA) is 36.3 Å². The van der Waals surface area contributed by atoms with Crippen LogP contribution in [0.2, 0.25) is 0 Å². The minimum absolute atomic E-state index is 0.565. The highest BCUT2D eigenvalue weighted by atomic mass is 15.3. The zero-order valence-corrected chi connectivity index (χ0v) is 12.5. The number of aromatic nitrogens is 2. The summed E-state index contributed by atoms with van der Waals surface area (Å²) in [5.74, 6) is 1.01.